The van der Waals surface area contributed by atoms with Crippen molar-refractivity contribution in [2.75, 3.05) is 78.6 Å². The van der Waals surface area contributed by atoms with Gasteiger partial charge in [0.05, 0.1) is 16.9 Å². The number of nitro benzene ring substituents is 1. The maximum atomic E-state index is 13.3. The number of piperazine rings is 1. The molecule has 53 heavy (non-hydrogen) atoms. The van der Waals surface area contributed by atoms with E-state index in [1.54, 1.807) is 31.0 Å². The van der Waals surface area contributed by atoms with Crippen LogP contribution in [-0.4, -0.2) is 113 Å². The third-order valence-corrected chi connectivity index (χ3v) is 11.7. The maximum Gasteiger partial charge on any atom is 0.293 e. The zero-order valence-electron chi connectivity index (χ0n) is 30.7. The number of thioether (sulfide) groups is 1. The molecule has 0 aromatic heterocycles. The van der Waals surface area contributed by atoms with Crippen LogP contribution in [0, 0.1) is 10.1 Å². The van der Waals surface area contributed by atoms with Crippen LogP contribution in [-0.2, 0) is 16.4 Å². The lowest BCUT2D eigenvalue weighted by Crippen LogP contribution is -2.45. The number of rotatable bonds is 17. The van der Waals surface area contributed by atoms with E-state index in [0.717, 1.165) is 67.8 Å². The molecule has 14 heteroatoms. The van der Waals surface area contributed by atoms with Gasteiger partial charge in [-0.15, -0.1) is 11.8 Å². The predicted molar refractivity (Wildman–Crippen MR) is 212 cm³/mol. The van der Waals surface area contributed by atoms with Crippen molar-refractivity contribution in [2.24, 2.45) is 0 Å². The number of carbonyl (C=O) groups excluding carboxylic acids is 1. The Hall–Kier alpha value is -4.47. The summed E-state index contributed by atoms with van der Waals surface area (Å²) in [4.78, 5) is 32.2. The number of sulfonamides is 1. The molecule has 1 aliphatic heterocycles. The molecule has 1 aliphatic rings. The van der Waals surface area contributed by atoms with Gasteiger partial charge >= 0.3 is 0 Å². The standard InChI is InChI=1S/C39H48N6O6S2/c1-42(2)20-19-32(28-52-33-8-6-5-7-9-33)40-36-17-15-34(27-37(36)45(47)48)53(49,50)41-39(46)31-13-11-30(12-14-31)35-16-10-29(26-38(35)51-4)18-21-44-24-22-43(3)23-25-44/h5-17,26-27,32,40H,18-25,28H2,1-4H3,(H,41,46)/t32-/m1/s1. The van der Waals surface area contributed by atoms with Crippen molar-refractivity contribution in [3.8, 4) is 16.9 Å². The van der Waals surface area contributed by atoms with Gasteiger partial charge in [-0.3, -0.25) is 14.9 Å². The Morgan fingerprint density at radius 2 is 1.70 bits per heavy atom. The summed E-state index contributed by atoms with van der Waals surface area (Å²) in [6, 6.07) is 26.0. The summed E-state index contributed by atoms with van der Waals surface area (Å²) in [5, 5.41) is 15.4. The van der Waals surface area contributed by atoms with Crippen LogP contribution in [0.25, 0.3) is 11.1 Å². The molecule has 2 N–H and O–H groups in total. The summed E-state index contributed by atoms with van der Waals surface area (Å²) in [7, 11) is 3.24. The van der Waals surface area contributed by atoms with Gasteiger partial charge in [0.25, 0.3) is 21.6 Å². The first kappa shape index (κ1) is 39.7. The highest BCUT2D eigenvalue weighted by atomic mass is 32.2. The average molecular weight is 761 g/mol. The third kappa shape index (κ3) is 11.3. The molecule has 5 rings (SSSR count). The van der Waals surface area contributed by atoms with E-state index in [-0.39, 0.29) is 22.2 Å². The zero-order chi connectivity index (χ0) is 38.0. The van der Waals surface area contributed by atoms with Gasteiger partial charge in [0.15, 0.2) is 0 Å². The lowest BCUT2D eigenvalue weighted by Gasteiger charge is -2.32. The van der Waals surface area contributed by atoms with E-state index >= 15 is 0 Å². The number of ether oxygens (including phenoxy) is 1. The molecule has 0 bridgehead atoms. The fourth-order valence-electron chi connectivity index (χ4n) is 6.03. The third-order valence-electron chi connectivity index (χ3n) is 9.22. The highest BCUT2D eigenvalue weighted by molar-refractivity contribution is 7.99. The molecule has 1 amide bonds. The number of carbonyl (C=O) groups is 1. The van der Waals surface area contributed by atoms with Crippen molar-refractivity contribution in [1.82, 2.24) is 19.4 Å². The van der Waals surface area contributed by atoms with Crippen molar-refractivity contribution >= 4 is 39.1 Å². The Kier molecular flexibility index (Phi) is 13.9. The van der Waals surface area contributed by atoms with Crippen molar-refractivity contribution in [1.29, 1.82) is 0 Å². The average Bonchev–Trinajstić information content (AvgIpc) is 3.15. The number of likely N-dealkylation sites (N-methyl/N-ethyl adjacent to an activating group) is 1. The lowest BCUT2D eigenvalue weighted by atomic mass is 10.00. The lowest BCUT2D eigenvalue weighted by molar-refractivity contribution is -0.384. The van der Waals surface area contributed by atoms with Crippen LogP contribution in [0.4, 0.5) is 11.4 Å². The Bertz CT molecular complexity index is 1950. The summed E-state index contributed by atoms with van der Waals surface area (Å²) in [6.45, 7) is 5.99. The largest absolute Gasteiger partial charge is 0.496 e. The number of hydrogen-bond acceptors (Lipinski definition) is 11. The summed E-state index contributed by atoms with van der Waals surface area (Å²) < 4.78 is 34.4. The molecule has 4 aromatic carbocycles. The Morgan fingerprint density at radius 1 is 0.981 bits per heavy atom. The maximum absolute atomic E-state index is 13.3. The second-order valence-electron chi connectivity index (χ2n) is 13.4. The van der Waals surface area contributed by atoms with E-state index in [2.05, 4.69) is 33.0 Å². The molecule has 1 atom stereocenters. The summed E-state index contributed by atoms with van der Waals surface area (Å²) >= 11 is 1.63. The molecule has 0 saturated carbocycles. The van der Waals surface area contributed by atoms with Gasteiger partial charge in [-0.25, -0.2) is 13.1 Å². The predicted octanol–water partition coefficient (Wildman–Crippen LogP) is 5.70. The van der Waals surface area contributed by atoms with E-state index in [0.29, 0.717) is 17.9 Å². The fourth-order valence-corrected chi connectivity index (χ4v) is 8.01. The molecule has 0 spiro atoms. The summed E-state index contributed by atoms with van der Waals surface area (Å²) in [5.74, 6) is 0.493. The Balaban J connectivity index is 1.25. The molecule has 0 aliphatic carbocycles. The van der Waals surface area contributed by atoms with Gasteiger partial charge in [0, 0.05) is 66.6 Å². The van der Waals surface area contributed by atoms with E-state index in [4.69, 9.17) is 4.74 Å². The van der Waals surface area contributed by atoms with Gasteiger partial charge in [0.2, 0.25) is 0 Å². The van der Waals surface area contributed by atoms with Crippen molar-refractivity contribution < 1.29 is 22.9 Å². The van der Waals surface area contributed by atoms with Crippen LogP contribution in [0.5, 0.6) is 5.75 Å². The zero-order valence-corrected chi connectivity index (χ0v) is 32.3. The normalized spacial score (nSPS) is 14.5. The first-order chi connectivity index (χ1) is 25.4. The molecule has 1 fully saturated rings. The molecular weight excluding hydrogens is 713 g/mol. The Labute approximate surface area is 316 Å². The monoisotopic (exact) mass is 760 g/mol. The van der Waals surface area contributed by atoms with Crippen molar-refractivity contribution in [3.05, 3.63) is 112 Å². The molecule has 282 valence electrons. The highest BCUT2D eigenvalue weighted by Crippen LogP contribution is 2.32. The van der Waals surface area contributed by atoms with E-state index in [9.17, 15) is 23.3 Å². The molecule has 0 radical (unpaired) electrons. The quantitative estimate of drug-likeness (QED) is 0.0779. The first-order valence-corrected chi connectivity index (χ1v) is 20.0. The highest BCUT2D eigenvalue weighted by Gasteiger charge is 2.25. The van der Waals surface area contributed by atoms with E-state index < -0.39 is 26.5 Å². The minimum atomic E-state index is -4.44. The molecule has 1 saturated heterocycles. The SMILES string of the molecule is COc1cc(CCN2CCN(C)CC2)ccc1-c1ccc(C(=O)NS(=O)(=O)c2ccc(N[C@H](CCN(C)C)CSc3ccccc3)c([N+](=O)[O-])c2)cc1. The van der Waals surface area contributed by atoms with Gasteiger partial charge in [-0.2, -0.15) is 0 Å². The van der Waals surface area contributed by atoms with Gasteiger partial charge < -0.3 is 24.8 Å². The number of nitrogens with zero attached hydrogens (tertiary/aromatic N) is 4. The molecule has 1 heterocycles. The number of anilines is 1. The van der Waals surface area contributed by atoms with Crippen LogP contribution in [0.1, 0.15) is 22.3 Å². The second kappa shape index (κ2) is 18.5. The van der Waals surface area contributed by atoms with E-state index in [1.807, 2.05) is 61.5 Å². The number of nitro groups is 1. The summed E-state index contributed by atoms with van der Waals surface area (Å²) in [5.41, 5.74) is 2.74. The van der Waals surface area contributed by atoms with Gasteiger partial charge in [0.1, 0.15) is 11.4 Å². The second-order valence-corrected chi connectivity index (χ2v) is 16.2. The first-order valence-electron chi connectivity index (χ1n) is 17.5. The minimum Gasteiger partial charge on any atom is -0.496 e. The van der Waals surface area contributed by atoms with Gasteiger partial charge in [-0.05, 0) is 94.1 Å². The molecule has 4 aromatic rings. The number of methoxy groups -OCH3 is 1. The number of amides is 1. The minimum absolute atomic E-state index is 0.118. The molecule has 0 unspecified atom stereocenters. The van der Waals surface area contributed by atoms with Crippen LogP contribution < -0.4 is 14.8 Å². The number of benzene rings is 4. The van der Waals surface area contributed by atoms with Crippen molar-refractivity contribution in [3.63, 3.8) is 0 Å². The van der Waals surface area contributed by atoms with Gasteiger partial charge in [-0.1, -0.05) is 42.5 Å². The number of nitrogens with one attached hydrogen (secondary N) is 2. The molecular formula is C39H48N6O6S2. The molecule has 12 nitrogen and oxygen atoms in total. The van der Waals surface area contributed by atoms with E-state index in [1.165, 1.54) is 29.8 Å². The smallest absolute Gasteiger partial charge is 0.293 e. The van der Waals surface area contributed by atoms with Crippen LogP contribution >= 0.6 is 11.8 Å². The van der Waals surface area contributed by atoms with Crippen LogP contribution in [0.15, 0.2) is 101 Å². The summed E-state index contributed by atoms with van der Waals surface area (Å²) in [6.07, 6.45) is 1.61. The fraction of sp³-hybridized carbons (Fsp3) is 0.359. The van der Waals surface area contributed by atoms with Crippen molar-refractivity contribution in [2.45, 2.75) is 28.7 Å². The van der Waals surface area contributed by atoms with Crippen LogP contribution in [0.3, 0.4) is 0 Å². The Morgan fingerprint density at radius 3 is 2.36 bits per heavy atom. The van der Waals surface area contributed by atoms with Crippen LogP contribution in [0.2, 0.25) is 0 Å². The topological polar surface area (TPSA) is 137 Å². The number of hydrogen-bond donors (Lipinski definition) is 2.